The monoisotopic (exact) mass is 312 g/mol. The quantitative estimate of drug-likeness (QED) is 0.818. The molecule has 3 heteroatoms. The largest absolute Gasteiger partial charge is 0.392 e. The SMILES string of the molecule is OC(CC1=CCCCC1)Cc1cc(F)cc(Br)c1. The Bertz CT molecular complexity index is 422. The van der Waals surface area contributed by atoms with Gasteiger partial charge in [0.15, 0.2) is 0 Å². The minimum absolute atomic E-state index is 0.261. The van der Waals surface area contributed by atoms with Crippen molar-refractivity contribution in [2.24, 2.45) is 0 Å². The zero-order valence-electron chi connectivity index (χ0n) is 10.3. The lowest BCUT2D eigenvalue weighted by atomic mass is 9.93. The summed E-state index contributed by atoms with van der Waals surface area (Å²) in [5.41, 5.74) is 2.19. The predicted molar refractivity (Wildman–Crippen MR) is 75.0 cm³/mol. The van der Waals surface area contributed by atoms with E-state index in [1.165, 1.54) is 30.5 Å². The molecule has 2 rings (SSSR count). The summed E-state index contributed by atoms with van der Waals surface area (Å²) in [6.07, 6.45) is 7.77. The highest BCUT2D eigenvalue weighted by molar-refractivity contribution is 9.10. The Kier molecular flexibility index (Phi) is 4.95. The second kappa shape index (κ2) is 6.48. The Hall–Kier alpha value is -0.670. The van der Waals surface area contributed by atoms with Crippen LogP contribution in [0.2, 0.25) is 0 Å². The molecule has 0 bridgehead atoms. The lowest BCUT2D eigenvalue weighted by Crippen LogP contribution is -2.12. The molecule has 0 spiro atoms. The molecule has 1 N–H and O–H groups in total. The molecule has 1 unspecified atom stereocenters. The minimum Gasteiger partial charge on any atom is -0.392 e. The number of hydrogen-bond acceptors (Lipinski definition) is 1. The lowest BCUT2D eigenvalue weighted by molar-refractivity contribution is 0.173. The van der Waals surface area contributed by atoms with E-state index < -0.39 is 6.10 Å². The van der Waals surface area contributed by atoms with Crippen LogP contribution in [-0.4, -0.2) is 11.2 Å². The van der Waals surface area contributed by atoms with Gasteiger partial charge in [-0.3, -0.25) is 0 Å². The fraction of sp³-hybridized carbons (Fsp3) is 0.467. The third-order valence-corrected chi connectivity index (χ3v) is 3.73. The normalized spacial score (nSPS) is 17.4. The molecule has 1 aromatic rings. The second-order valence-corrected chi connectivity index (χ2v) is 5.86. The fourth-order valence-electron chi connectivity index (χ4n) is 2.47. The molecule has 18 heavy (non-hydrogen) atoms. The molecular weight excluding hydrogens is 295 g/mol. The summed E-state index contributed by atoms with van der Waals surface area (Å²) in [5, 5.41) is 10.1. The summed E-state index contributed by atoms with van der Waals surface area (Å²) in [7, 11) is 0. The van der Waals surface area contributed by atoms with E-state index in [0.717, 1.165) is 22.9 Å². The predicted octanol–water partition coefficient (Wildman–Crippen LogP) is 4.38. The first-order valence-corrected chi connectivity index (χ1v) is 7.24. The molecule has 0 fully saturated rings. The van der Waals surface area contributed by atoms with Crippen molar-refractivity contribution in [2.75, 3.05) is 0 Å². The van der Waals surface area contributed by atoms with Crippen LogP contribution in [0.3, 0.4) is 0 Å². The van der Waals surface area contributed by atoms with Crippen LogP contribution in [0, 0.1) is 5.82 Å². The van der Waals surface area contributed by atoms with Gasteiger partial charge in [0.25, 0.3) is 0 Å². The van der Waals surface area contributed by atoms with Crippen molar-refractivity contribution in [3.05, 3.63) is 45.7 Å². The van der Waals surface area contributed by atoms with Crippen molar-refractivity contribution in [1.82, 2.24) is 0 Å². The summed E-state index contributed by atoms with van der Waals surface area (Å²) in [6, 6.07) is 4.78. The van der Waals surface area contributed by atoms with E-state index in [1.54, 1.807) is 0 Å². The van der Waals surface area contributed by atoms with Gasteiger partial charge in [0, 0.05) is 4.47 Å². The van der Waals surface area contributed by atoms with E-state index in [2.05, 4.69) is 22.0 Å². The van der Waals surface area contributed by atoms with E-state index in [4.69, 9.17) is 0 Å². The van der Waals surface area contributed by atoms with Gasteiger partial charge in [-0.15, -0.1) is 0 Å². The topological polar surface area (TPSA) is 20.2 Å². The average Bonchev–Trinajstić information content (AvgIpc) is 2.28. The molecule has 98 valence electrons. The van der Waals surface area contributed by atoms with Crippen LogP contribution in [0.1, 0.15) is 37.7 Å². The van der Waals surface area contributed by atoms with Crippen molar-refractivity contribution in [3.63, 3.8) is 0 Å². The Morgan fingerprint density at radius 2 is 2.06 bits per heavy atom. The van der Waals surface area contributed by atoms with Gasteiger partial charge in [-0.05, 0) is 62.3 Å². The first-order valence-electron chi connectivity index (χ1n) is 6.44. The summed E-state index contributed by atoms with van der Waals surface area (Å²) in [6.45, 7) is 0. The average molecular weight is 313 g/mol. The van der Waals surface area contributed by atoms with Crippen molar-refractivity contribution in [1.29, 1.82) is 0 Å². The molecule has 0 heterocycles. The van der Waals surface area contributed by atoms with Crippen LogP contribution in [0.4, 0.5) is 4.39 Å². The molecule has 0 amide bonds. The highest BCUT2D eigenvalue weighted by atomic mass is 79.9. The van der Waals surface area contributed by atoms with E-state index in [0.29, 0.717) is 12.8 Å². The highest BCUT2D eigenvalue weighted by Crippen LogP contribution is 2.23. The smallest absolute Gasteiger partial charge is 0.124 e. The third-order valence-electron chi connectivity index (χ3n) is 3.28. The highest BCUT2D eigenvalue weighted by Gasteiger charge is 2.11. The molecular formula is C15H18BrFO. The standard InChI is InChI=1S/C15H18BrFO/c16-13-6-12(7-14(17)10-13)9-15(18)8-11-4-2-1-3-5-11/h4,6-7,10,15,18H,1-3,5,8-9H2. The van der Waals surface area contributed by atoms with Gasteiger partial charge < -0.3 is 5.11 Å². The second-order valence-electron chi connectivity index (χ2n) is 4.95. The first kappa shape index (κ1) is 13.8. The summed E-state index contributed by atoms with van der Waals surface area (Å²) in [4.78, 5) is 0. The van der Waals surface area contributed by atoms with Crippen LogP contribution in [-0.2, 0) is 6.42 Å². The molecule has 0 aliphatic heterocycles. The maximum Gasteiger partial charge on any atom is 0.124 e. The molecule has 0 aromatic heterocycles. The molecule has 0 radical (unpaired) electrons. The van der Waals surface area contributed by atoms with Crippen LogP contribution < -0.4 is 0 Å². The molecule has 0 saturated carbocycles. The van der Waals surface area contributed by atoms with Crippen molar-refractivity contribution >= 4 is 15.9 Å². The van der Waals surface area contributed by atoms with Gasteiger partial charge in [0.1, 0.15) is 5.82 Å². The summed E-state index contributed by atoms with van der Waals surface area (Å²) < 4.78 is 13.9. The maximum absolute atomic E-state index is 13.2. The first-order chi connectivity index (χ1) is 8.63. The third kappa shape index (κ3) is 4.21. The molecule has 1 aromatic carbocycles. The van der Waals surface area contributed by atoms with Gasteiger partial charge in [-0.25, -0.2) is 4.39 Å². The molecule has 1 nitrogen and oxygen atoms in total. The van der Waals surface area contributed by atoms with Crippen LogP contribution in [0.25, 0.3) is 0 Å². The van der Waals surface area contributed by atoms with Crippen LogP contribution in [0.5, 0.6) is 0 Å². The summed E-state index contributed by atoms with van der Waals surface area (Å²) in [5.74, 6) is -0.261. The van der Waals surface area contributed by atoms with Crippen LogP contribution in [0.15, 0.2) is 34.3 Å². The number of aliphatic hydroxyl groups is 1. The zero-order valence-corrected chi connectivity index (χ0v) is 11.9. The number of allylic oxidation sites excluding steroid dienone is 1. The van der Waals surface area contributed by atoms with E-state index in [-0.39, 0.29) is 5.82 Å². The van der Waals surface area contributed by atoms with E-state index in [1.807, 2.05) is 6.07 Å². The number of hydrogen-bond donors (Lipinski definition) is 1. The lowest BCUT2D eigenvalue weighted by Gasteiger charge is -2.16. The van der Waals surface area contributed by atoms with Gasteiger partial charge in [-0.2, -0.15) is 0 Å². The van der Waals surface area contributed by atoms with Crippen molar-refractivity contribution < 1.29 is 9.50 Å². The van der Waals surface area contributed by atoms with Crippen molar-refractivity contribution in [3.8, 4) is 0 Å². The minimum atomic E-state index is -0.414. The number of halogens is 2. The Balaban J connectivity index is 1.93. The van der Waals surface area contributed by atoms with Gasteiger partial charge in [-0.1, -0.05) is 27.6 Å². The Morgan fingerprint density at radius 1 is 1.22 bits per heavy atom. The number of rotatable bonds is 4. The molecule has 1 aliphatic carbocycles. The molecule has 1 atom stereocenters. The van der Waals surface area contributed by atoms with Crippen molar-refractivity contribution in [2.45, 2.75) is 44.6 Å². The maximum atomic E-state index is 13.2. The Morgan fingerprint density at radius 3 is 2.72 bits per heavy atom. The van der Waals surface area contributed by atoms with Gasteiger partial charge in [0.05, 0.1) is 6.10 Å². The number of aliphatic hydroxyl groups excluding tert-OH is 1. The number of benzene rings is 1. The summed E-state index contributed by atoms with van der Waals surface area (Å²) >= 11 is 3.27. The van der Waals surface area contributed by atoms with Crippen LogP contribution >= 0.6 is 15.9 Å². The van der Waals surface area contributed by atoms with Gasteiger partial charge >= 0.3 is 0 Å². The molecule has 1 aliphatic rings. The molecule has 0 saturated heterocycles. The van der Waals surface area contributed by atoms with E-state index in [9.17, 15) is 9.50 Å². The fourth-order valence-corrected chi connectivity index (χ4v) is 2.98. The zero-order chi connectivity index (χ0) is 13.0. The van der Waals surface area contributed by atoms with E-state index >= 15 is 0 Å². The Labute approximate surface area is 116 Å². The van der Waals surface area contributed by atoms with Gasteiger partial charge in [0.2, 0.25) is 0 Å².